The van der Waals surface area contributed by atoms with Crippen molar-refractivity contribution in [1.29, 1.82) is 0 Å². The van der Waals surface area contributed by atoms with Gasteiger partial charge < -0.3 is 4.42 Å². The lowest BCUT2D eigenvalue weighted by Gasteiger charge is -2.15. The molecule has 0 bridgehead atoms. The summed E-state index contributed by atoms with van der Waals surface area (Å²) >= 11 is 0. The van der Waals surface area contributed by atoms with E-state index in [-0.39, 0.29) is 0 Å². The molecular weight excluding hydrogens is 496 g/mol. The predicted molar refractivity (Wildman–Crippen MR) is 175 cm³/mol. The standard InChI is InChI=1S/C40H24O/c1-2-10-25(11-3-1)29-17-8-14-28-23-38-36(24-34(28)29)40-33(18-9-19-37(40)41-38)39-31-16-7-5-13-27(31)22-35-30-15-6-4-12-26(30)20-21-32(35)39/h1-24H. The van der Waals surface area contributed by atoms with E-state index in [9.17, 15) is 0 Å². The Bertz CT molecular complexity index is 2460. The molecule has 0 radical (unpaired) electrons. The van der Waals surface area contributed by atoms with Crippen LogP contribution >= 0.6 is 0 Å². The van der Waals surface area contributed by atoms with Crippen LogP contribution in [-0.2, 0) is 0 Å². The number of fused-ring (bicyclic) bond motifs is 8. The first-order valence-corrected chi connectivity index (χ1v) is 14.1. The van der Waals surface area contributed by atoms with Gasteiger partial charge in [0.15, 0.2) is 0 Å². The van der Waals surface area contributed by atoms with Crippen molar-refractivity contribution in [3.05, 3.63) is 146 Å². The zero-order chi connectivity index (χ0) is 26.9. The quantitative estimate of drug-likeness (QED) is 0.163. The van der Waals surface area contributed by atoms with E-state index in [2.05, 4.69) is 146 Å². The van der Waals surface area contributed by atoms with Crippen LogP contribution < -0.4 is 0 Å². The van der Waals surface area contributed by atoms with Crippen LogP contribution in [0.15, 0.2) is 150 Å². The van der Waals surface area contributed by atoms with Crippen molar-refractivity contribution >= 4 is 65.0 Å². The first kappa shape index (κ1) is 22.4. The first-order valence-electron chi connectivity index (χ1n) is 14.1. The van der Waals surface area contributed by atoms with Crippen molar-refractivity contribution < 1.29 is 4.42 Å². The molecule has 0 unspecified atom stereocenters. The highest BCUT2D eigenvalue weighted by Crippen LogP contribution is 2.45. The Hall–Kier alpha value is -5.40. The van der Waals surface area contributed by atoms with E-state index in [1.165, 1.54) is 65.3 Å². The molecule has 0 aliphatic carbocycles. The molecular formula is C40H24O. The summed E-state index contributed by atoms with van der Waals surface area (Å²) in [5.74, 6) is 0. The molecule has 0 fully saturated rings. The van der Waals surface area contributed by atoms with Gasteiger partial charge >= 0.3 is 0 Å². The number of hydrogen-bond donors (Lipinski definition) is 0. The van der Waals surface area contributed by atoms with E-state index in [0.29, 0.717) is 0 Å². The smallest absolute Gasteiger partial charge is 0.136 e. The lowest BCUT2D eigenvalue weighted by molar-refractivity contribution is 0.669. The van der Waals surface area contributed by atoms with Gasteiger partial charge in [0.05, 0.1) is 0 Å². The summed E-state index contributed by atoms with van der Waals surface area (Å²) in [5.41, 5.74) is 6.75. The van der Waals surface area contributed by atoms with Crippen molar-refractivity contribution in [2.75, 3.05) is 0 Å². The van der Waals surface area contributed by atoms with Gasteiger partial charge in [0.2, 0.25) is 0 Å². The topological polar surface area (TPSA) is 13.1 Å². The highest BCUT2D eigenvalue weighted by molar-refractivity contribution is 6.25. The van der Waals surface area contributed by atoms with Gasteiger partial charge in [0.1, 0.15) is 11.2 Å². The minimum atomic E-state index is 0.913. The van der Waals surface area contributed by atoms with Gasteiger partial charge in [-0.3, -0.25) is 0 Å². The third kappa shape index (κ3) is 3.30. The predicted octanol–water partition coefficient (Wildman–Crippen LogP) is 11.5. The second-order valence-corrected chi connectivity index (χ2v) is 10.9. The minimum Gasteiger partial charge on any atom is -0.456 e. The van der Waals surface area contributed by atoms with Crippen LogP contribution in [0.1, 0.15) is 0 Å². The summed E-state index contributed by atoms with van der Waals surface area (Å²) in [7, 11) is 0. The summed E-state index contributed by atoms with van der Waals surface area (Å²) in [6.07, 6.45) is 0. The van der Waals surface area contributed by atoms with Crippen LogP contribution in [-0.4, -0.2) is 0 Å². The summed E-state index contributed by atoms with van der Waals surface area (Å²) in [6, 6.07) is 52.6. The molecule has 1 heteroatoms. The average molecular weight is 521 g/mol. The fraction of sp³-hybridized carbons (Fsp3) is 0. The van der Waals surface area contributed by atoms with Crippen molar-refractivity contribution in [3.8, 4) is 22.3 Å². The Morgan fingerprint density at radius 3 is 1.95 bits per heavy atom. The van der Waals surface area contributed by atoms with Crippen LogP contribution in [0.5, 0.6) is 0 Å². The molecule has 9 aromatic rings. The average Bonchev–Trinajstić information content (AvgIpc) is 3.40. The van der Waals surface area contributed by atoms with E-state index < -0.39 is 0 Å². The second kappa shape index (κ2) is 8.55. The maximum atomic E-state index is 6.56. The number of hydrogen-bond acceptors (Lipinski definition) is 1. The Balaban J connectivity index is 1.44. The molecule has 0 aliphatic heterocycles. The van der Waals surface area contributed by atoms with E-state index >= 15 is 0 Å². The van der Waals surface area contributed by atoms with Crippen molar-refractivity contribution in [3.63, 3.8) is 0 Å². The Morgan fingerprint density at radius 2 is 1.05 bits per heavy atom. The van der Waals surface area contributed by atoms with Crippen molar-refractivity contribution in [2.45, 2.75) is 0 Å². The highest BCUT2D eigenvalue weighted by Gasteiger charge is 2.19. The van der Waals surface area contributed by atoms with Gasteiger partial charge in [0.25, 0.3) is 0 Å². The van der Waals surface area contributed by atoms with Crippen molar-refractivity contribution in [1.82, 2.24) is 0 Å². The van der Waals surface area contributed by atoms with E-state index in [1.54, 1.807) is 0 Å². The molecule has 0 spiro atoms. The molecule has 0 saturated heterocycles. The maximum absolute atomic E-state index is 6.56. The van der Waals surface area contributed by atoms with E-state index in [4.69, 9.17) is 4.42 Å². The van der Waals surface area contributed by atoms with Gasteiger partial charge in [-0.25, -0.2) is 0 Å². The highest BCUT2D eigenvalue weighted by atomic mass is 16.3. The molecule has 1 nitrogen and oxygen atoms in total. The fourth-order valence-corrected chi connectivity index (χ4v) is 6.78. The van der Waals surface area contributed by atoms with Gasteiger partial charge in [-0.15, -0.1) is 0 Å². The largest absolute Gasteiger partial charge is 0.456 e. The van der Waals surface area contributed by atoms with E-state index in [1.807, 2.05) is 0 Å². The van der Waals surface area contributed by atoms with Gasteiger partial charge in [-0.2, -0.15) is 0 Å². The Morgan fingerprint density at radius 1 is 0.341 bits per heavy atom. The summed E-state index contributed by atoms with van der Waals surface area (Å²) in [5, 5.41) is 12.3. The molecule has 0 atom stereocenters. The summed E-state index contributed by atoms with van der Waals surface area (Å²) < 4.78 is 6.56. The maximum Gasteiger partial charge on any atom is 0.136 e. The molecule has 190 valence electrons. The van der Waals surface area contributed by atoms with Crippen LogP contribution in [0, 0.1) is 0 Å². The van der Waals surface area contributed by atoms with E-state index in [0.717, 1.165) is 21.9 Å². The van der Waals surface area contributed by atoms with Crippen LogP contribution in [0.25, 0.3) is 87.3 Å². The SMILES string of the molecule is c1ccc(-c2cccc3cc4oc5cccc(-c6c7ccccc7cc7c6ccc6ccccc67)c5c4cc23)cc1. The fourth-order valence-electron chi connectivity index (χ4n) is 6.78. The lowest BCUT2D eigenvalue weighted by atomic mass is 9.88. The molecule has 1 aromatic heterocycles. The molecule has 9 rings (SSSR count). The molecule has 8 aromatic carbocycles. The van der Waals surface area contributed by atoms with Gasteiger partial charge in [-0.1, -0.05) is 121 Å². The third-order valence-electron chi connectivity index (χ3n) is 8.62. The van der Waals surface area contributed by atoms with Crippen LogP contribution in [0.2, 0.25) is 0 Å². The first-order chi connectivity index (χ1) is 20.3. The molecule has 0 saturated carbocycles. The molecule has 0 amide bonds. The number of rotatable bonds is 2. The Labute approximate surface area is 236 Å². The van der Waals surface area contributed by atoms with Gasteiger partial charge in [-0.05, 0) is 89.6 Å². The van der Waals surface area contributed by atoms with Crippen molar-refractivity contribution in [2.24, 2.45) is 0 Å². The third-order valence-corrected chi connectivity index (χ3v) is 8.62. The summed E-state index contributed by atoms with van der Waals surface area (Å²) in [6.45, 7) is 0. The number of furan rings is 1. The summed E-state index contributed by atoms with van der Waals surface area (Å²) in [4.78, 5) is 0. The monoisotopic (exact) mass is 520 g/mol. The zero-order valence-corrected chi connectivity index (χ0v) is 22.3. The second-order valence-electron chi connectivity index (χ2n) is 10.9. The van der Waals surface area contributed by atoms with Crippen LogP contribution in [0.3, 0.4) is 0 Å². The molecule has 0 N–H and O–H groups in total. The molecule has 0 aliphatic rings. The minimum absolute atomic E-state index is 0.913. The van der Waals surface area contributed by atoms with Gasteiger partial charge in [0, 0.05) is 10.8 Å². The number of benzene rings is 8. The van der Waals surface area contributed by atoms with Crippen LogP contribution in [0.4, 0.5) is 0 Å². The normalized spacial score (nSPS) is 11.9. The molecule has 41 heavy (non-hydrogen) atoms. The Kier molecular flexibility index (Phi) is 4.67. The lowest BCUT2D eigenvalue weighted by Crippen LogP contribution is -1.88. The zero-order valence-electron chi connectivity index (χ0n) is 22.3. The molecule has 1 heterocycles.